The van der Waals surface area contributed by atoms with Crippen LogP contribution in [0.1, 0.15) is 34.7 Å². The van der Waals surface area contributed by atoms with Crippen molar-refractivity contribution in [2.75, 3.05) is 11.5 Å². The van der Waals surface area contributed by atoms with E-state index in [1.807, 2.05) is 37.3 Å². The van der Waals surface area contributed by atoms with Gasteiger partial charge in [-0.3, -0.25) is 19.5 Å². The highest BCUT2D eigenvalue weighted by molar-refractivity contribution is 7.15. The average molecular weight is 529 g/mol. The lowest BCUT2D eigenvalue weighted by atomic mass is 9.95. The number of Topliss-reactive ketones (excluding diaryl/α,β-unsaturated/α-hetero) is 1. The number of aliphatic hydroxyl groups excluding tert-OH is 1. The molecule has 1 N–H and O–H groups in total. The lowest BCUT2D eigenvalue weighted by Crippen LogP contribution is -2.29. The second-order valence-corrected chi connectivity index (χ2v) is 9.58. The van der Waals surface area contributed by atoms with Crippen LogP contribution in [0.4, 0.5) is 5.13 Å². The van der Waals surface area contributed by atoms with Crippen molar-refractivity contribution >= 4 is 33.9 Å². The van der Waals surface area contributed by atoms with E-state index in [-0.39, 0.29) is 16.5 Å². The summed E-state index contributed by atoms with van der Waals surface area (Å²) in [5.41, 5.74) is 1.85. The Balaban J connectivity index is 1.61. The highest BCUT2D eigenvalue weighted by atomic mass is 32.1. The number of nitrogens with zero attached hydrogens (tertiary/aromatic N) is 4. The van der Waals surface area contributed by atoms with Gasteiger partial charge in [0.2, 0.25) is 5.13 Å². The molecule has 2 aromatic carbocycles. The first-order valence-electron chi connectivity index (χ1n) is 11.9. The van der Waals surface area contributed by atoms with Crippen molar-refractivity contribution in [3.05, 3.63) is 100 Å². The number of amides is 1. The summed E-state index contributed by atoms with van der Waals surface area (Å²) in [7, 11) is 0. The standard InChI is InChI=1S/C28H24N4O5S/c1-3-36-22-15-20(9-10-21(22)37-16-18-7-5-4-6-8-18)24-23(25(33)19-11-13-29-14-12-19)26(34)27(35)32(24)28-31-30-17(2)38-28/h4-15,24,33H,3,16H2,1-2H3. The molecule has 1 atom stereocenters. The fourth-order valence-corrected chi connectivity index (χ4v) is 4.93. The van der Waals surface area contributed by atoms with Gasteiger partial charge in [-0.1, -0.05) is 47.7 Å². The van der Waals surface area contributed by atoms with Gasteiger partial charge in [-0.2, -0.15) is 0 Å². The van der Waals surface area contributed by atoms with Crippen molar-refractivity contribution in [3.63, 3.8) is 0 Å². The smallest absolute Gasteiger partial charge is 0.301 e. The predicted molar refractivity (Wildman–Crippen MR) is 142 cm³/mol. The van der Waals surface area contributed by atoms with Gasteiger partial charge >= 0.3 is 5.91 Å². The van der Waals surface area contributed by atoms with Crippen LogP contribution in [0.15, 0.2) is 78.6 Å². The van der Waals surface area contributed by atoms with Crippen molar-refractivity contribution in [1.82, 2.24) is 15.2 Å². The zero-order chi connectivity index (χ0) is 26.6. The van der Waals surface area contributed by atoms with Crippen molar-refractivity contribution in [2.45, 2.75) is 26.5 Å². The van der Waals surface area contributed by atoms with E-state index < -0.39 is 17.7 Å². The van der Waals surface area contributed by atoms with Crippen molar-refractivity contribution < 1.29 is 24.2 Å². The van der Waals surface area contributed by atoms with E-state index in [4.69, 9.17) is 9.47 Å². The van der Waals surface area contributed by atoms with Gasteiger partial charge in [-0.05, 0) is 49.2 Å². The molecule has 4 aromatic rings. The minimum absolute atomic E-state index is 0.0607. The van der Waals surface area contributed by atoms with Crippen LogP contribution in [0.5, 0.6) is 11.5 Å². The van der Waals surface area contributed by atoms with Crippen LogP contribution in [0, 0.1) is 6.92 Å². The molecule has 1 unspecified atom stereocenters. The molecule has 0 aliphatic carbocycles. The Morgan fingerprint density at radius 2 is 1.76 bits per heavy atom. The van der Waals surface area contributed by atoms with Gasteiger partial charge in [0.1, 0.15) is 17.4 Å². The summed E-state index contributed by atoms with van der Waals surface area (Å²) >= 11 is 1.18. The number of ether oxygens (including phenoxy) is 2. The van der Waals surface area contributed by atoms with E-state index in [0.29, 0.717) is 40.8 Å². The topological polar surface area (TPSA) is 115 Å². The summed E-state index contributed by atoms with van der Waals surface area (Å²) in [6, 6.07) is 17.1. The number of aliphatic hydroxyl groups is 1. The Bertz CT molecular complexity index is 1500. The van der Waals surface area contributed by atoms with E-state index >= 15 is 0 Å². The molecule has 10 heteroatoms. The number of carbonyl (C=O) groups excluding carboxylic acids is 2. The summed E-state index contributed by atoms with van der Waals surface area (Å²) in [5.74, 6) is -0.966. The van der Waals surface area contributed by atoms with Crippen LogP contribution < -0.4 is 14.4 Å². The highest BCUT2D eigenvalue weighted by Gasteiger charge is 2.48. The number of hydrogen-bond donors (Lipinski definition) is 1. The van der Waals surface area contributed by atoms with E-state index in [0.717, 1.165) is 5.56 Å². The molecule has 1 aliphatic heterocycles. The number of aryl methyl sites for hydroxylation is 1. The van der Waals surface area contributed by atoms with E-state index in [2.05, 4.69) is 15.2 Å². The normalized spacial score (nSPS) is 16.6. The second-order valence-electron chi connectivity index (χ2n) is 8.42. The summed E-state index contributed by atoms with van der Waals surface area (Å²) in [6.45, 7) is 4.33. The zero-order valence-electron chi connectivity index (χ0n) is 20.7. The second kappa shape index (κ2) is 10.8. The minimum atomic E-state index is -0.960. The molecule has 0 bridgehead atoms. The zero-order valence-corrected chi connectivity index (χ0v) is 21.5. The van der Waals surface area contributed by atoms with Gasteiger partial charge in [-0.25, -0.2) is 0 Å². The monoisotopic (exact) mass is 528 g/mol. The fraction of sp³-hybridized carbons (Fsp3) is 0.179. The van der Waals surface area contributed by atoms with E-state index in [1.165, 1.54) is 28.6 Å². The number of hydrogen-bond acceptors (Lipinski definition) is 9. The molecule has 38 heavy (non-hydrogen) atoms. The van der Waals surface area contributed by atoms with Crippen LogP contribution in [-0.4, -0.2) is 38.6 Å². The molecule has 1 fully saturated rings. The molecule has 1 aliphatic rings. The van der Waals surface area contributed by atoms with Crippen LogP contribution in [0.2, 0.25) is 0 Å². The maximum Gasteiger partial charge on any atom is 0.301 e. The molecule has 2 aromatic heterocycles. The Kier molecular flexibility index (Phi) is 7.14. The Labute approximate surface area is 223 Å². The van der Waals surface area contributed by atoms with Crippen molar-refractivity contribution in [2.24, 2.45) is 0 Å². The molecule has 192 valence electrons. The Hall–Kier alpha value is -4.57. The van der Waals surface area contributed by atoms with Gasteiger partial charge < -0.3 is 14.6 Å². The third-order valence-electron chi connectivity index (χ3n) is 5.94. The van der Waals surface area contributed by atoms with Crippen molar-refractivity contribution in [1.29, 1.82) is 0 Å². The third-order valence-corrected chi connectivity index (χ3v) is 6.78. The molecule has 0 saturated carbocycles. The Morgan fingerprint density at radius 1 is 1.00 bits per heavy atom. The highest BCUT2D eigenvalue weighted by Crippen LogP contribution is 2.44. The summed E-state index contributed by atoms with van der Waals surface area (Å²) in [5, 5.41) is 20.2. The summed E-state index contributed by atoms with van der Waals surface area (Å²) in [4.78, 5) is 31.8. The van der Waals surface area contributed by atoms with Crippen LogP contribution in [0.25, 0.3) is 5.76 Å². The average Bonchev–Trinajstić information content (AvgIpc) is 3.48. The minimum Gasteiger partial charge on any atom is -0.507 e. The first kappa shape index (κ1) is 25.1. The van der Waals surface area contributed by atoms with Crippen LogP contribution >= 0.6 is 11.3 Å². The van der Waals surface area contributed by atoms with Gasteiger partial charge in [-0.15, -0.1) is 10.2 Å². The van der Waals surface area contributed by atoms with Gasteiger partial charge in [0.15, 0.2) is 11.5 Å². The summed E-state index contributed by atoms with van der Waals surface area (Å²) in [6.07, 6.45) is 3.00. The Morgan fingerprint density at radius 3 is 2.45 bits per heavy atom. The van der Waals surface area contributed by atoms with Crippen molar-refractivity contribution in [3.8, 4) is 11.5 Å². The molecule has 1 saturated heterocycles. The van der Waals surface area contributed by atoms with Crippen LogP contribution in [-0.2, 0) is 16.2 Å². The molecule has 3 heterocycles. The van der Waals surface area contributed by atoms with E-state index in [9.17, 15) is 14.7 Å². The number of aromatic nitrogens is 3. The third kappa shape index (κ3) is 4.85. The molecule has 5 rings (SSSR count). The molecular formula is C28H24N4O5S. The fourth-order valence-electron chi connectivity index (χ4n) is 4.21. The maximum absolute atomic E-state index is 13.3. The number of anilines is 1. The molecular weight excluding hydrogens is 504 g/mol. The molecule has 1 amide bonds. The molecule has 9 nitrogen and oxygen atoms in total. The number of carbonyl (C=O) groups is 2. The van der Waals surface area contributed by atoms with Crippen LogP contribution in [0.3, 0.4) is 0 Å². The first-order valence-corrected chi connectivity index (χ1v) is 12.7. The maximum atomic E-state index is 13.3. The summed E-state index contributed by atoms with van der Waals surface area (Å²) < 4.78 is 11.9. The largest absolute Gasteiger partial charge is 0.507 e. The number of ketones is 1. The lowest BCUT2D eigenvalue weighted by molar-refractivity contribution is -0.132. The predicted octanol–water partition coefficient (Wildman–Crippen LogP) is 4.85. The SMILES string of the molecule is CCOc1cc(C2C(=C(O)c3ccncc3)C(=O)C(=O)N2c2nnc(C)s2)ccc1OCc1ccccc1. The van der Waals surface area contributed by atoms with Gasteiger partial charge in [0, 0.05) is 18.0 Å². The van der Waals surface area contributed by atoms with Gasteiger partial charge in [0.25, 0.3) is 5.78 Å². The number of rotatable bonds is 8. The quantitative estimate of drug-likeness (QED) is 0.196. The number of benzene rings is 2. The molecule has 0 spiro atoms. The lowest BCUT2D eigenvalue weighted by Gasteiger charge is -2.23. The molecule has 0 radical (unpaired) electrons. The van der Waals surface area contributed by atoms with E-state index in [1.54, 1.807) is 37.3 Å². The first-order chi connectivity index (χ1) is 18.5. The number of pyridine rings is 1. The van der Waals surface area contributed by atoms with Gasteiger partial charge in [0.05, 0.1) is 18.2 Å².